The van der Waals surface area contributed by atoms with E-state index in [4.69, 9.17) is 16.3 Å². The fourth-order valence-electron chi connectivity index (χ4n) is 2.65. The molecule has 9 heteroatoms. The van der Waals surface area contributed by atoms with Gasteiger partial charge in [0.2, 0.25) is 10.0 Å². The lowest BCUT2D eigenvalue weighted by Crippen LogP contribution is -2.35. The van der Waals surface area contributed by atoms with Crippen LogP contribution in [0.25, 0.3) is 0 Å². The molecule has 1 N–H and O–H groups in total. The molecule has 7 nitrogen and oxygen atoms in total. The van der Waals surface area contributed by atoms with E-state index in [0.29, 0.717) is 19.6 Å². The number of carbonyl (C=O) groups excluding carboxylic acids is 2. The largest absolute Gasteiger partial charge is 0.452 e. The maximum Gasteiger partial charge on any atom is 0.340 e. The second-order valence-electron chi connectivity index (χ2n) is 6.88. The van der Waals surface area contributed by atoms with Crippen LogP contribution in [0.5, 0.6) is 0 Å². The number of hydrogen-bond donors (Lipinski definition) is 1. The van der Waals surface area contributed by atoms with Crippen molar-refractivity contribution in [1.82, 2.24) is 9.62 Å². The van der Waals surface area contributed by atoms with Crippen molar-refractivity contribution >= 4 is 33.5 Å². The van der Waals surface area contributed by atoms with Crippen molar-refractivity contribution in [2.45, 2.75) is 38.0 Å². The van der Waals surface area contributed by atoms with E-state index in [0.717, 1.165) is 19.3 Å². The first-order valence-electron chi connectivity index (χ1n) is 8.95. The predicted octanol–water partition coefficient (Wildman–Crippen LogP) is 2.44. The quantitative estimate of drug-likeness (QED) is 0.689. The molecule has 0 aromatic heterocycles. The maximum absolute atomic E-state index is 12.8. The SMILES string of the molecule is CC(C)CNC(=O)COC(=O)c1cc(S(=O)(=O)N2CCCCC2)ccc1Cl. The van der Waals surface area contributed by atoms with Crippen molar-refractivity contribution in [3.05, 3.63) is 28.8 Å². The average Bonchev–Trinajstić information content (AvgIpc) is 2.65. The number of rotatable bonds is 7. The second kappa shape index (κ2) is 9.52. The summed E-state index contributed by atoms with van der Waals surface area (Å²) in [5.41, 5.74) is -0.0774. The van der Waals surface area contributed by atoms with Gasteiger partial charge < -0.3 is 10.1 Å². The van der Waals surface area contributed by atoms with Crippen LogP contribution in [0.4, 0.5) is 0 Å². The van der Waals surface area contributed by atoms with Crippen molar-refractivity contribution in [1.29, 1.82) is 0 Å². The van der Waals surface area contributed by atoms with E-state index in [1.165, 1.54) is 22.5 Å². The highest BCUT2D eigenvalue weighted by Gasteiger charge is 2.27. The molecule has 2 rings (SSSR count). The summed E-state index contributed by atoms with van der Waals surface area (Å²) >= 11 is 6.04. The van der Waals surface area contributed by atoms with Gasteiger partial charge in [-0.05, 0) is 37.0 Å². The Bertz CT molecular complexity index is 789. The van der Waals surface area contributed by atoms with E-state index in [2.05, 4.69) is 5.32 Å². The molecule has 1 heterocycles. The third kappa shape index (κ3) is 5.92. The smallest absolute Gasteiger partial charge is 0.340 e. The Morgan fingerprint density at radius 3 is 2.52 bits per heavy atom. The van der Waals surface area contributed by atoms with Gasteiger partial charge in [-0.2, -0.15) is 4.31 Å². The summed E-state index contributed by atoms with van der Waals surface area (Å²) in [6.45, 7) is 4.83. The van der Waals surface area contributed by atoms with E-state index >= 15 is 0 Å². The van der Waals surface area contributed by atoms with E-state index in [9.17, 15) is 18.0 Å². The van der Waals surface area contributed by atoms with Gasteiger partial charge in [-0.25, -0.2) is 13.2 Å². The number of carbonyl (C=O) groups is 2. The minimum Gasteiger partial charge on any atom is -0.452 e. The molecular weight excluding hydrogens is 392 g/mol. The van der Waals surface area contributed by atoms with Gasteiger partial charge in [0.15, 0.2) is 6.61 Å². The van der Waals surface area contributed by atoms with Crippen LogP contribution < -0.4 is 5.32 Å². The highest BCUT2D eigenvalue weighted by Crippen LogP contribution is 2.25. The average molecular weight is 417 g/mol. The number of nitrogens with zero attached hydrogens (tertiary/aromatic N) is 1. The summed E-state index contributed by atoms with van der Waals surface area (Å²) in [5.74, 6) is -0.989. The molecule has 27 heavy (non-hydrogen) atoms. The topological polar surface area (TPSA) is 92.8 Å². The van der Waals surface area contributed by atoms with Crippen LogP contribution in [0.1, 0.15) is 43.5 Å². The van der Waals surface area contributed by atoms with Crippen LogP contribution in [0, 0.1) is 5.92 Å². The number of ether oxygens (including phenoxy) is 1. The summed E-state index contributed by atoms with van der Waals surface area (Å²) in [7, 11) is -3.70. The summed E-state index contributed by atoms with van der Waals surface area (Å²) in [4.78, 5) is 23.9. The minimum atomic E-state index is -3.70. The van der Waals surface area contributed by atoms with Crippen molar-refractivity contribution in [2.75, 3.05) is 26.2 Å². The number of piperidine rings is 1. The Balaban J connectivity index is 2.10. The molecule has 0 spiro atoms. The molecule has 1 aromatic rings. The maximum atomic E-state index is 12.8. The van der Waals surface area contributed by atoms with Crippen LogP contribution in [0.15, 0.2) is 23.1 Å². The van der Waals surface area contributed by atoms with Crippen molar-refractivity contribution in [2.24, 2.45) is 5.92 Å². The lowest BCUT2D eigenvalue weighted by Gasteiger charge is -2.26. The summed E-state index contributed by atoms with van der Waals surface area (Å²) in [5, 5.41) is 2.70. The van der Waals surface area contributed by atoms with E-state index in [1.807, 2.05) is 13.8 Å². The zero-order chi connectivity index (χ0) is 20.0. The normalized spacial score (nSPS) is 15.6. The summed E-state index contributed by atoms with van der Waals surface area (Å²) in [6, 6.07) is 3.94. The Morgan fingerprint density at radius 2 is 1.89 bits per heavy atom. The standard InChI is InChI=1S/C18H25ClN2O5S/c1-13(2)11-20-17(22)12-26-18(23)15-10-14(6-7-16(15)19)27(24,25)21-8-4-3-5-9-21/h6-7,10,13H,3-5,8-9,11-12H2,1-2H3,(H,20,22). The van der Waals surface area contributed by atoms with E-state index < -0.39 is 28.5 Å². The van der Waals surface area contributed by atoms with Gasteiger partial charge in [0.05, 0.1) is 15.5 Å². The van der Waals surface area contributed by atoms with Crippen LogP contribution in [0.2, 0.25) is 5.02 Å². The first kappa shape index (κ1) is 21.7. The fourth-order valence-corrected chi connectivity index (χ4v) is 4.39. The monoisotopic (exact) mass is 416 g/mol. The Hall–Kier alpha value is -1.64. The highest BCUT2D eigenvalue weighted by atomic mass is 35.5. The molecule has 1 fully saturated rings. The molecule has 0 unspecified atom stereocenters. The first-order valence-corrected chi connectivity index (χ1v) is 10.8. The number of amides is 1. The minimum absolute atomic E-state index is 0.00925. The summed E-state index contributed by atoms with van der Waals surface area (Å²) < 4.78 is 31.9. The van der Waals surface area contributed by atoms with E-state index in [-0.39, 0.29) is 21.4 Å². The number of benzene rings is 1. The molecule has 0 atom stereocenters. The molecule has 1 aliphatic heterocycles. The van der Waals surface area contributed by atoms with Gasteiger partial charge in [-0.15, -0.1) is 0 Å². The van der Waals surface area contributed by atoms with Crippen LogP contribution in [-0.2, 0) is 19.6 Å². The number of esters is 1. The molecule has 0 aliphatic carbocycles. The molecular formula is C18H25ClN2O5S. The number of sulfonamides is 1. The lowest BCUT2D eigenvalue weighted by molar-refractivity contribution is -0.124. The zero-order valence-electron chi connectivity index (χ0n) is 15.5. The third-order valence-electron chi connectivity index (χ3n) is 4.15. The number of nitrogens with one attached hydrogen (secondary N) is 1. The van der Waals surface area contributed by atoms with Crippen LogP contribution >= 0.6 is 11.6 Å². The molecule has 1 amide bonds. The van der Waals surface area contributed by atoms with Crippen molar-refractivity contribution in [3.63, 3.8) is 0 Å². The van der Waals surface area contributed by atoms with Crippen LogP contribution in [-0.4, -0.2) is 50.8 Å². The van der Waals surface area contributed by atoms with Gasteiger partial charge in [-0.1, -0.05) is 31.9 Å². The van der Waals surface area contributed by atoms with Gasteiger partial charge in [0.1, 0.15) is 0 Å². The Morgan fingerprint density at radius 1 is 1.22 bits per heavy atom. The van der Waals surface area contributed by atoms with Crippen LogP contribution in [0.3, 0.4) is 0 Å². The zero-order valence-corrected chi connectivity index (χ0v) is 17.1. The second-order valence-corrected chi connectivity index (χ2v) is 9.23. The fraction of sp³-hybridized carbons (Fsp3) is 0.556. The van der Waals surface area contributed by atoms with E-state index in [1.54, 1.807) is 0 Å². The first-order chi connectivity index (χ1) is 12.7. The molecule has 1 saturated heterocycles. The Kier molecular flexibility index (Phi) is 7.64. The lowest BCUT2D eigenvalue weighted by atomic mass is 10.2. The number of hydrogen-bond acceptors (Lipinski definition) is 5. The third-order valence-corrected chi connectivity index (χ3v) is 6.38. The van der Waals surface area contributed by atoms with Gasteiger partial charge in [0, 0.05) is 19.6 Å². The predicted molar refractivity (Wildman–Crippen MR) is 102 cm³/mol. The number of halogens is 1. The Labute approximate surface area is 165 Å². The van der Waals surface area contributed by atoms with Gasteiger partial charge in [-0.3, -0.25) is 4.79 Å². The molecule has 150 valence electrons. The van der Waals surface area contributed by atoms with Gasteiger partial charge >= 0.3 is 5.97 Å². The molecule has 0 radical (unpaired) electrons. The molecule has 1 aromatic carbocycles. The molecule has 0 bridgehead atoms. The molecule has 0 saturated carbocycles. The van der Waals surface area contributed by atoms with Gasteiger partial charge in [0.25, 0.3) is 5.91 Å². The van der Waals surface area contributed by atoms with Crippen molar-refractivity contribution in [3.8, 4) is 0 Å². The highest BCUT2D eigenvalue weighted by molar-refractivity contribution is 7.89. The molecule has 1 aliphatic rings. The summed E-state index contributed by atoms with van der Waals surface area (Å²) in [6.07, 6.45) is 2.63. The van der Waals surface area contributed by atoms with Crippen molar-refractivity contribution < 1.29 is 22.7 Å².